The third kappa shape index (κ3) is 3.82. The Hall–Kier alpha value is -1.32. The summed E-state index contributed by atoms with van der Waals surface area (Å²) in [5.74, 6) is 0.947. The van der Waals surface area contributed by atoms with Crippen LogP contribution in [0.5, 0.6) is 5.75 Å². The van der Waals surface area contributed by atoms with Gasteiger partial charge in [0.2, 0.25) is 0 Å². The van der Waals surface area contributed by atoms with E-state index in [-0.39, 0.29) is 12.2 Å². The van der Waals surface area contributed by atoms with Gasteiger partial charge in [-0.25, -0.2) is 0 Å². The van der Waals surface area contributed by atoms with Crippen LogP contribution in [-0.4, -0.2) is 35.3 Å². The normalized spacial score (nSPS) is 16.4. The number of benzene rings is 1. The summed E-state index contributed by atoms with van der Waals surface area (Å²) in [6.45, 7) is 10.3. The van der Waals surface area contributed by atoms with Gasteiger partial charge < -0.3 is 9.84 Å². The molecular formula is C16H23NO2. The number of allylic oxidation sites excluding steroid dienone is 1. The van der Waals surface area contributed by atoms with Crippen molar-refractivity contribution in [3.63, 3.8) is 0 Å². The van der Waals surface area contributed by atoms with Gasteiger partial charge in [0.25, 0.3) is 0 Å². The summed E-state index contributed by atoms with van der Waals surface area (Å²) >= 11 is 0. The first-order valence-electron chi connectivity index (χ1n) is 6.88. The van der Waals surface area contributed by atoms with Crippen molar-refractivity contribution in [1.29, 1.82) is 0 Å². The third-order valence-corrected chi connectivity index (χ3v) is 3.20. The van der Waals surface area contributed by atoms with Crippen molar-refractivity contribution in [2.24, 2.45) is 0 Å². The summed E-state index contributed by atoms with van der Waals surface area (Å²) in [5, 5.41) is 9.30. The summed E-state index contributed by atoms with van der Waals surface area (Å²) in [5.41, 5.74) is 2.45. The van der Waals surface area contributed by atoms with Crippen LogP contribution >= 0.6 is 0 Å². The minimum Gasteiger partial charge on any atom is -0.491 e. The molecule has 1 aromatic rings. The van der Waals surface area contributed by atoms with Crippen molar-refractivity contribution in [3.05, 3.63) is 42.0 Å². The number of β-amino-alcohol motifs (C(OH)–C–C–N with tert-alkyl or cyclic N) is 1. The molecule has 2 rings (SSSR count). The summed E-state index contributed by atoms with van der Waals surface area (Å²) < 4.78 is 5.81. The zero-order valence-electron chi connectivity index (χ0n) is 11.8. The van der Waals surface area contributed by atoms with Gasteiger partial charge in [-0.3, -0.25) is 4.90 Å². The lowest BCUT2D eigenvalue weighted by atomic mass is 10.0. The molecule has 0 amide bonds. The Labute approximate surface area is 115 Å². The van der Waals surface area contributed by atoms with Gasteiger partial charge in [-0.1, -0.05) is 18.2 Å². The highest BCUT2D eigenvalue weighted by Crippen LogP contribution is 2.24. The zero-order chi connectivity index (χ0) is 13.8. The Morgan fingerprint density at radius 1 is 1.47 bits per heavy atom. The average molecular weight is 261 g/mol. The molecule has 1 aromatic carbocycles. The van der Waals surface area contributed by atoms with Crippen LogP contribution in [-0.2, 0) is 13.0 Å². The van der Waals surface area contributed by atoms with Gasteiger partial charge in [0.15, 0.2) is 0 Å². The molecule has 3 heteroatoms. The minimum atomic E-state index is -0.142. The van der Waals surface area contributed by atoms with E-state index in [1.807, 2.05) is 26.0 Å². The first-order chi connectivity index (χ1) is 9.08. The maximum atomic E-state index is 9.30. The first kappa shape index (κ1) is 14.1. The van der Waals surface area contributed by atoms with E-state index >= 15 is 0 Å². The topological polar surface area (TPSA) is 32.7 Å². The van der Waals surface area contributed by atoms with Gasteiger partial charge in [-0.05, 0) is 37.5 Å². The number of aliphatic hydroxyl groups excluding tert-OH is 1. The molecule has 104 valence electrons. The highest BCUT2D eigenvalue weighted by molar-refractivity contribution is 5.38. The predicted molar refractivity (Wildman–Crippen MR) is 77.4 cm³/mol. The Bertz CT molecular complexity index is 436. The fraction of sp³-hybridized carbons (Fsp3) is 0.500. The summed E-state index contributed by atoms with van der Waals surface area (Å²) in [6.07, 6.45) is 2.76. The van der Waals surface area contributed by atoms with Crippen molar-refractivity contribution in [3.8, 4) is 5.75 Å². The second kappa shape index (κ2) is 6.22. The number of likely N-dealkylation sites (tertiary alicyclic amines) is 1. The summed E-state index contributed by atoms with van der Waals surface area (Å²) in [4.78, 5) is 2.24. The molecule has 3 nitrogen and oxygen atoms in total. The average Bonchev–Trinajstić information content (AvgIpc) is 2.30. The Balaban J connectivity index is 2.08. The van der Waals surface area contributed by atoms with E-state index in [1.54, 1.807) is 0 Å². The lowest BCUT2D eigenvalue weighted by Gasteiger charge is -2.35. The van der Waals surface area contributed by atoms with Crippen LogP contribution in [0.25, 0.3) is 0 Å². The van der Waals surface area contributed by atoms with Gasteiger partial charge in [0, 0.05) is 19.6 Å². The Morgan fingerprint density at radius 3 is 2.79 bits per heavy atom. The maximum Gasteiger partial charge on any atom is 0.123 e. The first-order valence-corrected chi connectivity index (χ1v) is 6.88. The van der Waals surface area contributed by atoms with E-state index in [4.69, 9.17) is 4.74 Å². The molecule has 1 aliphatic rings. The van der Waals surface area contributed by atoms with Gasteiger partial charge >= 0.3 is 0 Å². The molecular weight excluding hydrogens is 238 g/mol. The van der Waals surface area contributed by atoms with Crippen molar-refractivity contribution in [2.45, 2.75) is 39.0 Å². The number of ether oxygens (including phenoxy) is 1. The molecule has 0 saturated carbocycles. The van der Waals surface area contributed by atoms with Crippen LogP contribution in [0.4, 0.5) is 0 Å². The number of rotatable bonds is 6. The predicted octanol–water partition coefficient (Wildman–Crippen LogP) is 2.38. The van der Waals surface area contributed by atoms with Crippen LogP contribution in [0.1, 0.15) is 25.0 Å². The molecule has 0 aliphatic carbocycles. The van der Waals surface area contributed by atoms with Gasteiger partial charge in [0.05, 0.1) is 12.2 Å². The lowest BCUT2D eigenvalue weighted by Crippen LogP contribution is -2.49. The Morgan fingerprint density at radius 2 is 2.21 bits per heavy atom. The van der Waals surface area contributed by atoms with Crippen LogP contribution in [0.15, 0.2) is 30.9 Å². The van der Waals surface area contributed by atoms with Crippen molar-refractivity contribution in [2.75, 3.05) is 13.1 Å². The molecule has 19 heavy (non-hydrogen) atoms. The van der Waals surface area contributed by atoms with E-state index < -0.39 is 0 Å². The van der Waals surface area contributed by atoms with Gasteiger partial charge in [0.1, 0.15) is 5.75 Å². The van der Waals surface area contributed by atoms with E-state index in [0.717, 1.165) is 31.8 Å². The Kier molecular flexibility index (Phi) is 4.61. The van der Waals surface area contributed by atoms with E-state index in [0.29, 0.717) is 0 Å². The maximum absolute atomic E-state index is 9.30. The molecule has 1 saturated heterocycles. The highest BCUT2D eigenvalue weighted by Gasteiger charge is 2.24. The molecule has 1 fully saturated rings. The molecule has 0 aromatic heterocycles. The van der Waals surface area contributed by atoms with Crippen LogP contribution < -0.4 is 4.74 Å². The molecule has 1 aliphatic heterocycles. The second-order valence-electron chi connectivity index (χ2n) is 5.45. The smallest absolute Gasteiger partial charge is 0.123 e. The quantitative estimate of drug-likeness (QED) is 0.798. The molecule has 1 heterocycles. The number of aliphatic hydroxyl groups is 1. The third-order valence-electron chi connectivity index (χ3n) is 3.20. The molecule has 0 bridgehead atoms. The zero-order valence-corrected chi connectivity index (χ0v) is 11.8. The standard InChI is InChI=1S/C16H23NO2/c1-4-5-14-8-13(9-17-10-15(18)11-17)6-7-16(14)19-12(2)3/h4,6-8,12,15,18H,1,5,9-11H2,2-3H3. The molecule has 0 unspecified atom stereocenters. The lowest BCUT2D eigenvalue weighted by molar-refractivity contribution is -0.00288. The van der Waals surface area contributed by atoms with Crippen molar-refractivity contribution in [1.82, 2.24) is 4.90 Å². The van der Waals surface area contributed by atoms with E-state index in [1.165, 1.54) is 11.1 Å². The van der Waals surface area contributed by atoms with Crippen LogP contribution in [0, 0.1) is 0 Å². The number of hydrogen-bond donors (Lipinski definition) is 1. The molecule has 0 spiro atoms. The molecule has 1 N–H and O–H groups in total. The van der Waals surface area contributed by atoms with Crippen molar-refractivity contribution < 1.29 is 9.84 Å². The van der Waals surface area contributed by atoms with Crippen LogP contribution in [0.2, 0.25) is 0 Å². The number of hydrogen-bond acceptors (Lipinski definition) is 3. The second-order valence-corrected chi connectivity index (χ2v) is 5.45. The minimum absolute atomic E-state index is 0.142. The summed E-state index contributed by atoms with van der Waals surface area (Å²) in [6, 6.07) is 6.34. The SMILES string of the molecule is C=CCc1cc(CN2CC(O)C2)ccc1OC(C)C. The van der Waals surface area contributed by atoms with Crippen LogP contribution in [0.3, 0.4) is 0 Å². The monoisotopic (exact) mass is 261 g/mol. The van der Waals surface area contributed by atoms with Gasteiger partial charge in [-0.15, -0.1) is 6.58 Å². The van der Waals surface area contributed by atoms with Gasteiger partial charge in [-0.2, -0.15) is 0 Å². The summed E-state index contributed by atoms with van der Waals surface area (Å²) in [7, 11) is 0. The number of nitrogens with zero attached hydrogens (tertiary/aromatic N) is 1. The van der Waals surface area contributed by atoms with E-state index in [2.05, 4.69) is 23.6 Å². The fourth-order valence-electron chi connectivity index (χ4n) is 2.34. The largest absolute Gasteiger partial charge is 0.491 e. The van der Waals surface area contributed by atoms with E-state index in [9.17, 15) is 5.11 Å². The van der Waals surface area contributed by atoms with Crippen molar-refractivity contribution >= 4 is 0 Å². The fourth-order valence-corrected chi connectivity index (χ4v) is 2.34. The molecule has 0 atom stereocenters. The highest BCUT2D eigenvalue weighted by atomic mass is 16.5. The molecule has 0 radical (unpaired) electrons.